The molecule has 0 aliphatic heterocycles. The van der Waals surface area contributed by atoms with Crippen LogP contribution in [0.15, 0.2) is 0 Å². The number of hydrogen-bond donors (Lipinski definition) is 1. The molecular weight excluding hydrogens is 608 g/mol. The highest BCUT2D eigenvalue weighted by Crippen LogP contribution is 2.17. The standard InChI is InChI=1S/C44H86O5/c1-4-5-6-7-8-9-10-11-12-13-16-20-23-26-29-32-35-38-44(47)49-42(39-45)40-48-43(46)37-34-31-28-25-22-19-17-14-15-18-21-24-27-30-33-36-41(2)3/h41-42,45H,4-40H2,1-3H3/t42-/m0/s1. The highest BCUT2D eigenvalue weighted by atomic mass is 16.6. The Morgan fingerprint density at radius 2 is 0.755 bits per heavy atom. The number of aliphatic hydroxyl groups excluding tert-OH is 1. The minimum Gasteiger partial charge on any atom is -0.462 e. The number of esters is 2. The number of hydrogen-bond acceptors (Lipinski definition) is 5. The first-order valence-electron chi connectivity index (χ1n) is 22.0. The molecule has 0 aromatic heterocycles. The summed E-state index contributed by atoms with van der Waals surface area (Å²) in [7, 11) is 0. The molecule has 5 heteroatoms. The zero-order valence-electron chi connectivity index (χ0n) is 33.4. The number of carbonyl (C=O) groups excluding carboxylic acids is 2. The summed E-state index contributed by atoms with van der Waals surface area (Å²) >= 11 is 0. The predicted molar refractivity (Wildman–Crippen MR) is 210 cm³/mol. The third-order valence-corrected chi connectivity index (χ3v) is 10.1. The van der Waals surface area contributed by atoms with Gasteiger partial charge < -0.3 is 14.6 Å². The van der Waals surface area contributed by atoms with Crippen molar-refractivity contribution in [3.8, 4) is 0 Å². The van der Waals surface area contributed by atoms with Crippen LogP contribution >= 0.6 is 0 Å². The molecule has 0 aliphatic carbocycles. The van der Waals surface area contributed by atoms with Crippen molar-refractivity contribution >= 4 is 11.9 Å². The summed E-state index contributed by atoms with van der Waals surface area (Å²) < 4.78 is 10.6. The van der Waals surface area contributed by atoms with E-state index in [1.807, 2.05) is 0 Å². The second kappa shape index (κ2) is 39.7. The van der Waals surface area contributed by atoms with E-state index in [-0.39, 0.29) is 25.2 Å². The van der Waals surface area contributed by atoms with Crippen LogP contribution in [0.5, 0.6) is 0 Å². The Balaban J connectivity index is 3.47. The molecule has 0 aromatic rings. The Kier molecular flexibility index (Phi) is 38.8. The van der Waals surface area contributed by atoms with Crippen LogP contribution in [0, 0.1) is 5.92 Å². The van der Waals surface area contributed by atoms with Gasteiger partial charge in [0.05, 0.1) is 6.61 Å². The number of carbonyl (C=O) groups is 2. The van der Waals surface area contributed by atoms with Crippen LogP contribution < -0.4 is 0 Å². The number of aliphatic hydroxyl groups is 1. The lowest BCUT2D eigenvalue weighted by Gasteiger charge is -2.15. The molecule has 0 radical (unpaired) electrons. The molecule has 0 unspecified atom stereocenters. The van der Waals surface area contributed by atoms with E-state index in [9.17, 15) is 14.7 Å². The molecule has 0 bridgehead atoms. The molecule has 292 valence electrons. The van der Waals surface area contributed by atoms with E-state index in [0.717, 1.165) is 38.0 Å². The minimum atomic E-state index is -0.762. The maximum atomic E-state index is 12.2. The monoisotopic (exact) mass is 695 g/mol. The summed E-state index contributed by atoms with van der Waals surface area (Å²) in [6, 6.07) is 0. The van der Waals surface area contributed by atoms with Crippen LogP contribution in [0.3, 0.4) is 0 Å². The van der Waals surface area contributed by atoms with Crippen molar-refractivity contribution in [3.63, 3.8) is 0 Å². The normalized spacial score (nSPS) is 12.1. The van der Waals surface area contributed by atoms with Crippen molar-refractivity contribution in [3.05, 3.63) is 0 Å². The van der Waals surface area contributed by atoms with Crippen LogP contribution in [0.4, 0.5) is 0 Å². The average Bonchev–Trinajstić information content (AvgIpc) is 3.09. The van der Waals surface area contributed by atoms with Gasteiger partial charge in [0.2, 0.25) is 0 Å². The van der Waals surface area contributed by atoms with Gasteiger partial charge in [-0.15, -0.1) is 0 Å². The highest BCUT2D eigenvalue weighted by Gasteiger charge is 2.16. The summed E-state index contributed by atoms with van der Waals surface area (Å²) in [4.78, 5) is 24.3. The first-order chi connectivity index (χ1) is 24.0. The van der Waals surface area contributed by atoms with Gasteiger partial charge in [0.15, 0.2) is 6.10 Å². The Morgan fingerprint density at radius 1 is 0.449 bits per heavy atom. The second-order valence-corrected chi connectivity index (χ2v) is 15.6. The van der Waals surface area contributed by atoms with Gasteiger partial charge in [-0.3, -0.25) is 9.59 Å². The molecule has 49 heavy (non-hydrogen) atoms. The van der Waals surface area contributed by atoms with Crippen LogP contribution in [-0.2, 0) is 19.1 Å². The van der Waals surface area contributed by atoms with E-state index in [2.05, 4.69) is 20.8 Å². The second-order valence-electron chi connectivity index (χ2n) is 15.6. The van der Waals surface area contributed by atoms with Gasteiger partial charge in [0.25, 0.3) is 0 Å². The average molecular weight is 695 g/mol. The Labute approximate surface area is 306 Å². The Morgan fingerprint density at radius 3 is 1.08 bits per heavy atom. The lowest BCUT2D eigenvalue weighted by atomic mass is 10.0. The molecule has 0 heterocycles. The first kappa shape index (κ1) is 47.9. The zero-order valence-corrected chi connectivity index (χ0v) is 33.4. The molecule has 0 amide bonds. The van der Waals surface area contributed by atoms with Gasteiger partial charge in [0.1, 0.15) is 6.61 Å². The van der Waals surface area contributed by atoms with E-state index < -0.39 is 6.10 Å². The molecular formula is C44H86O5. The Bertz CT molecular complexity index is 678. The van der Waals surface area contributed by atoms with Crippen LogP contribution in [0.2, 0.25) is 0 Å². The van der Waals surface area contributed by atoms with Crippen molar-refractivity contribution in [2.24, 2.45) is 5.92 Å². The summed E-state index contributed by atoms with van der Waals surface area (Å²) in [5, 5.41) is 9.58. The van der Waals surface area contributed by atoms with Gasteiger partial charge in [-0.2, -0.15) is 0 Å². The SMILES string of the molecule is CCCCCCCCCCCCCCCCCCCC(=O)O[C@@H](CO)COC(=O)CCCCCCCCCCCCCCCCCC(C)C. The van der Waals surface area contributed by atoms with E-state index in [4.69, 9.17) is 9.47 Å². The minimum absolute atomic E-state index is 0.0571. The lowest BCUT2D eigenvalue weighted by molar-refractivity contribution is -0.161. The van der Waals surface area contributed by atoms with Crippen molar-refractivity contribution in [2.75, 3.05) is 13.2 Å². The molecule has 0 saturated carbocycles. The molecule has 0 saturated heterocycles. The maximum Gasteiger partial charge on any atom is 0.306 e. The zero-order chi connectivity index (χ0) is 35.9. The van der Waals surface area contributed by atoms with Crippen LogP contribution in [-0.4, -0.2) is 36.4 Å². The predicted octanol–water partition coefficient (Wildman–Crippen LogP) is 13.8. The number of ether oxygens (including phenoxy) is 2. The molecule has 0 rings (SSSR count). The fourth-order valence-corrected chi connectivity index (χ4v) is 6.74. The maximum absolute atomic E-state index is 12.2. The van der Waals surface area contributed by atoms with Crippen molar-refractivity contribution < 1.29 is 24.2 Å². The summed E-state index contributed by atoms with van der Waals surface area (Å²) in [6.45, 7) is 6.54. The van der Waals surface area contributed by atoms with E-state index >= 15 is 0 Å². The van der Waals surface area contributed by atoms with Gasteiger partial charge >= 0.3 is 11.9 Å². The molecule has 5 nitrogen and oxygen atoms in total. The molecule has 0 fully saturated rings. The Hall–Kier alpha value is -1.10. The molecule has 0 aromatic carbocycles. The summed E-state index contributed by atoms with van der Waals surface area (Å²) in [6.07, 6.45) is 43.1. The topological polar surface area (TPSA) is 72.8 Å². The number of rotatable bonds is 40. The van der Waals surface area contributed by atoms with Gasteiger partial charge in [-0.05, 0) is 18.8 Å². The summed E-state index contributed by atoms with van der Waals surface area (Å²) in [5.74, 6) is 0.283. The van der Waals surface area contributed by atoms with Crippen LogP contribution in [0.1, 0.15) is 245 Å². The molecule has 1 N–H and O–H groups in total. The number of unbranched alkanes of at least 4 members (excludes halogenated alkanes) is 30. The molecule has 1 atom stereocenters. The van der Waals surface area contributed by atoms with Crippen molar-refractivity contribution in [1.29, 1.82) is 0 Å². The highest BCUT2D eigenvalue weighted by molar-refractivity contribution is 5.70. The largest absolute Gasteiger partial charge is 0.462 e. The first-order valence-corrected chi connectivity index (χ1v) is 22.0. The van der Waals surface area contributed by atoms with E-state index in [1.54, 1.807) is 0 Å². The van der Waals surface area contributed by atoms with Gasteiger partial charge in [-0.25, -0.2) is 0 Å². The lowest BCUT2D eigenvalue weighted by Crippen LogP contribution is -2.28. The van der Waals surface area contributed by atoms with Crippen molar-refractivity contribution in [1.82, 2.24) is 0 Å². The van der Waals surface area contributed by atoms with E-state index in [0.29, 0.717) is 12.8 Å². The summed E-state index contributed by atoms with van der Waals surface area (Å²) in [5.41, 5.74) is 0. The molecule has 0 spiro atoms. The molecule has 0 aliphatic rings. The van der Waals surface area contributed by atoms with Crippen LogP contribution in [0.25, 0.3) is 0 Å². The van der Waals surface area contributed by atoms with Gasteiger partial charge in [-0.1, -0.05) is 220 Å². The van der Waals surface area contributed by atoms with Gasteiger partial charge in [0, 0.05) is 12.8 Å². The fraction of sp³-hybridized carbons (Fsp3) is 0.955. The van der Waals surface area contributed by atoms with E-state index in [1.165, 1.54) is 180 Å². The third-order valence-electron chi connectivity index (χ3n) is 10.1. The quantitative estimate of drug-likeness (QED) is 0.0510. The fourth-order valence-electron chi connectivity index (χ4n) is 6.74. The van der Waals surface area contributed by atoms with Crippen molar-refractivity contribution in [2.45, 2.75) is 252 Å². The third kappa shape index (κ3) is 39.5. The smallest absolute Gasteiger partial charge is 0.306 e.